The Morgan fingerprint density at radius 1 is 0.404 bits per heavy atom. The normalized spacial score (nSPS) is 10.7. The summed E-state index contributed by atoms with van der Waals surface area (Å²) >= 11 is 0. The molecule has 4 nitrogen and oxygen atoms in total. The minimum absolute atomic E-state index is 0.0124. The summed E-state index contributed by atoms with van der Waals surface area (Å²) in [4.78, 5) is 0. The zero-order chi connectivity index (χ0) is 36.9. The molecule has 0 aliphatic heterocycles. The van der Waals surface area contributed by atoms with Gasteiger partial charge in [-0.3, -0.25) is 0 Å². The number of aliphatic hydroxyl groups is 2. The molecule has 0 bridgehead atoms. The molecule has 4 heteroatoms. The molecule has 0 radical (unpaired) electrons. The maximum atomic E-state index is 9.46. The number of rotatable bonds is 26. The van der Waals surface area contributed by atoms with Crippen molar-refractivity contribution < 1.29 is 19.7 Å². The highest BCUT2D eigenvalue weighted by Gasteiger charge is 2.11. The van der Waals surface area contributed by atoms with Crippen molar-refractivity contribution in [3.8, 4) is 35.2 Å². The van der Waals surface area contributed by atoms with Crippen molar-refractivity contribution in [1.82, 2.24) is 0 Å². The van der Waals surface area contributed by atoms with E-state index in [1.165, 1.54) is 103 Å². The summed E-state index contributed by atoms with van der Waals surface area (Å²) in [6.45, 7) is 5.82. The largest absolute Gasteiger partial charge is 0.492 e. The van der Waals surface area contributed by atoms with Gasteiger partial charge in [0.25, 0.3) is 0 Å². The predicted molar refractivity (Wildman–Crippen MR) is 218 cm³/mol. The van der Waals surface area contributed by atoms with Crippen LogP contribution in [0.3, 0.4) is 0 Å². The van der Waals surface area contributed by atoms with Gasteiger partial charge in [-0.05, 0) is 48.2 Å². The van der Waals surface area contributed by atoms with E-state index in [9.17, 15) is 10.2 Å². The minimum atomic E-state index is 0.0124. The Labute approximate surface area is 316 Å². The summed E-state index contributed by atoms with van der Waals surface area (Å²) in [5, 5.41) is 18.9. The van der Waals surface area contributed by atoms with Gasteiger partial charge in [0, 0.05) is 23.3 Å². The zero-order valence-electron chi connectivity index (χ0n) is 32.5. The summed E-state index contributed by atoms with van der Waals surface area (Å²) < 4.78 is 12.9. The first-order valence-corrected chi connectivity index (χ1v) is 20.5. The highest BCUT2D eigenvalue weighted by atomic mass is 16.5. The summed E-state index contributed by atoms with van der Waals surface area (Å²) in [6, 6.07) is 19.4. The van der Waals surface area contributed by atoms with Crippen molar-refractivity contribution in [3.05, 3.63) is 94.0 Å². The fraction of sp³-hybridized carbons (Fsp3) is 0.542. The Bertz CT molecular complexity index is 1370. The van der Waals surface area contributed by atoms with Gasteiger partial charge in [-0.15, -0.1) is 0 Å². The Kier molecular flexibility index (Phi) is 22.9. The van der Waals surface area contributed by atoms with E-state index >= 15 is 0 Å². The van der Waals surface area contributed by atoms with Crippen LogP contribution < -0.4 is 9.47 Å². The van der Waals surface area contributed by atoms with Gasteiger partial charge >= 0.3 is 0 Å². The number of ether oxygens (including phenoxy) is 2. The van der Waals surface area contributed by atoms with E-state index in [1.807, 2.05) is 60.7 Å². The third-order valence-corrected chi connectivity index (χ3v) is 9.55. The van der Waals surface area contributed by atoms with Crippen molar-refractivity contribution in [2.24, 2.45) is 0 Å². The van der Waals surface area contributed by atoms with Crippen LogP contribution in [0.1, 0.15) is 176 Å². The molecule has 0 saturated carbocycles. The lowest BCUT2D eigenvalue weighted by atomic mass is 10.1. The average molecular weight is 707 g/mol. The molecule has 282 valence electrons. The lowest BCUT2D eigenvalue weighted by Gasteiger charge is -2.14. The molecule has 3 aromatic carbocycles. The third-order valence-electron chi connectivity index (χ3n) is 9.55. The van der Waals surface area contributed by atoms with E-state index in [4.69, 9.17) is 9.47 Å². The molecule has 0 atom stereocenters. The summed E-state index contributed by atoms with van der Waals surface area (Å²) in [5.74, 6) is 14.8. The first-order chi connectivity index (χ1) is 25.7. The van der Waals surface area contributed by atoms with Gasteiger partial charge in [-0.2, -0.15) is 0 Å². The molecule has 0 aromatic heterocycles. The van der Waals surface area contributed by atoms with Crippen LogP contribution in [-0.2, 0) is 13.2 Å². The van der Waals surface area contributed by atoms with E-state index in [2.05, 4.69) is 37.5 Å². The van der Waals surface area contributed by atoms with Crippen LogP contribution in [0.4, 0.5) is 0 Å². The average Bonchev–Trinajstić information content (AvgIpc) is 3.18. The molecule has 52 heavy (non-hydrogen) atoms. The Balaban J connectivity index is 1.73. The van der Waals surface area contributed by atoms with Crippen molar-refractivity contribution in [3.63, 3.8) is 0 Å². The molecule has 3 rings (SSSR count). The first-order valence-electron chi connectivity index (χ1n) is 20.5. The third kappa shape index (κ3) is 18.2. The number of aliphatic hydroxyl groups excluding tert-OH is 2. The van der Waals surface area contributed by atoms with Gasteiger partial charge < -0.3 is 19.7 Å². The van der Waals surface area contributed by atoms with Crippen LogP contribution in [-0.4, -0.2) is 23.4 Å². The monoisotopic (exact) mass is 706 g/mol. The van der Waals surface area contributed by atoms with Gasteiger partial charge in [0.1, 0.15) is 11.5 Å². The van der Waals surface area contributed by atoms with Crippen molar-refractivity contribution in [2.45, 2.75) is 155 Å². The molecule has 3 aromatic rings. The Morgan fingerprint density at radius 2 is 0.712 bits per heavy atom. The van der Waals surface area contributed by atoms with Crippen LogP contribution in [0.15, 0.2) is 60.7 Å². The molecule has 0 aliphatic rings. The van der Waals surface area contributed by atoms with Crippen molar-refractivity contribution in [2.75, 3.05) is 13.2 Å². The standard InChI is InChI=1S/C48H66O4/c1-3-5-7-9-11-13-15-17-19-21-35-51-47-37-46(34-32-42-25-29-44(40-50)30-26-42)48(52-36-22-20-18-16-14-12-10-8-6-4-2)38-45(47)33-31-41-23-27-43(39-49)28-24-41/h23-30,37-38,49-50H,3-22,35-36,39-40H2,1-2H3. The molecule has 2 N–H and O–H groups in total. The molecular formula is C48H66O4. The molecule has 0 spiro atoms. The molecule has 0 saturated heterocycles. The highest BCUT2D eigenvalue weighted by molar-refractivity contribution is 5.60. The number of benzene rings is 3. The maximum absolute atomic E-state index is 9.46. The predicted octanol–water partition coefficient (Wildman–Crippen LogP) is 12.1. The fourth-order valence-corrected chi connectivity index (χ4v) is 6.20. The van der Waals surface area contributed by atoms with E-state index in [0.29, 0.717) is 13.2 Å². The van der Waals surface area contributed by atoms with Crippen molar-refractivity contribution >= 4 is 0 Å². The smallest absolute Gasteiger partial charge is 0.136 e. The summed E-state index contributed by atoms with van der Waals surface area (Å²) in [7, 11) is 0. The zero-order valence-corrected chi connectivity index (χ0v) is 32.5. The van der Waals surface area contributed by atoms with E-state index in [-0.39, 0.29) is 13.2 Å². The molecule has 0 amide bonds. The number of hydrogen-bond donors (Lipinski definition) is 2. The van der Waals surface area contributed by atoms with Gasteiger partial charge in [0.05, 0.1) is 37.6 Å². The lowest BCUT2D eigenvalue weighted by Crippen LogP contribution is -2.03. The second-order valence-corrected chi connectivity index (χ2v) is 14.1. The lowest BCUT2D eigenvalue weighted by molar-refractivity contribution is 0.281. The minimum Gasteiger partial charge on any atom is -0.492 e. The molecule has 0 aliphatic carbocycles. The van der Waals surface area contributed by atoms with Gasteiger partial charge in [0.2, 0.25) is 0 Å². The SMILES string of the molecule is CCCCCCCCCCCCOc1cc(C#Cc2ccc(CO)cc2)c(OCCCCCCCCCCCC)cc1C#Cc1ccc(CO)cc1. The van der Waals surface area contributed by atoms with Crippen LogP contribution in [0.2, 0.25) is 0 Å². The topological polar surface area (TPSA) is 58.9 Å². The van der Waals surface area contributed by atoms with Gasteiger partial charge in [0.15, 0.2) is 0 Å². The Hall–Kier alpha value is -3.70. The van der Waals surface area contributed by atoms with E-state index in [0.717, 1.165) is 70.6 Å². The Morgan fingerprint density at radius 3 is 1.02 bits per heavy atom. The number of hydrogen-bond acceptors (Lipinski definition) is 4. The second kappa shape index (κ2) is 27.9. The van der Waals surface area contributed by atoms with Gasteiger partial charge in [-0.1, -0.05) is 177 Å². The summed E-state index contributed by atoms with van der Waals surface area (Å²) in [6.07, 6.45) is 25.5. The molecular weight excluding hydrogens is 641 g/mol. The van der Waals surface area contributed by atoms with Crippen LogP contribution in [0.5, 0.6) is 11.5 Å². The number of unbranched alkanes of at least 4 members (excludes halogenated alkanes) is 18. The van der Waals surface area contributed by atoms with E-state index < -0.39 is 0 Å². The fourth-order valence-electron chi connectivity index (χ4n) is 6.20. The highest BCUT2D eigenvalue weighted by Crippen LogP contribution is 2.29. The van der Waals surface area contributed by atoms with E-state index in [1.54, 1.807) is 0 Å². The molecule has 0 unspecified atom stereocenters. The van der Waals surface area contributed by atoms with Crippen LogP contribution >= 0.6 is 0 Å². The second-order valence-electron chi connectivity index (χ2n) is 14.1. The quantitative estimate of drug-likeness (QED) is 0.0644. The van der Waals surface area contributed by atoms with Crippen LogP contribution in [0, 0.1) is 23.7 Å². The van der Waals surface area contributed by atoms with Gasteiger partial charge in [-0.25, -0.2) is 0 Å². The maximum Gasteiger partial charge on any atom is 0.136 e. The summed E-state index contributed by atoms with van der Waals surface area (Å²) in [5.41, 5.74) is 5.05. The van der Waals surface area contributed by atoms with Crippen molar-refractivity contribution in [1.29, 1.82) is 0 Å². The molecule has 0 heterocycles. The first kappa shape index (κ1) is 42.7. The molecule has 0 fully saturated rings. The van der Waals surface area contributed by atoms with Crippen LogP contribution in [0.25, 0.3) is 0 Å².